The molecule has 2 aromatic rings. The molecule has 0 radical (unpaired) electrons. The summed E-state index contributed by atoms with van der Waals surface area (Å²) in [5.74, 6) is -0.326. The van der Waals surface area contributed by atoms with Crippen LogP contribution >= 0.6 is 0 Å². The average Bonchev–Trinajstić information content (AvgIpc) is 2.66. The van der Waals surface area contributed by atoms with Gasteiger partial charge in [-0.25, -0.2) is 9.18 Å². The van der Waals surface area contributed by atoms with Crippen LogP contribution in [0.4, 0.5) is 14.9 Å². The summed E-state index contributed by atoms with van der Waals surface area (Å²) >= 11 is 0. The van der Waals surface area contributed by atoms with E-state index in [1.165, 1.54) is 48.1 Å². The molecule has 1 atom stereocenters. The Labute approximate surface area is 168 Å². The zero-order valence-corrected chi connectivity index (χ0v) is 17.4. The van der Waals surface area contributed by atoms with Crippen molar-refractivity contribution in [2.24, 2.45) is 0 Å². The predicted octanol–water partition coefficient (Wildman–Crippen LogP) is 5.29. The van der Waals surface area contributed by atoms with E-state index in [1.807, 2.05) is 14.1 Å². The number of amides is 2. The van der Waals surface area contributed by atoms with E-state index in [9.17, 15) is 9.18 Å². The molecule has 0 bridgehead atoms. The molecular formula is C23H32FN3O. The molecule has 2 aromatic carbocycles. The lowest BCUT2D eigenvalue weighted by molar-refractivity contribution is 0.243. The number of likely N-dealkylation sites (N-methyl/N-ethyl adjacent to an activating group) is 1. The maximum atomic E-state index is 13.0. The fourth-order valence-electron chi connectivity index (χ4n) is 3.23. The number of carbonyl (C=O) groups excluding carboxylic acids is 1. The van der Waals surface area contributed by atoms with Crippen molar-refractivity contribution in [3.63, 3.8) is 0 Å². The summed E-state index contributed by atoms with van der Waals surface area (Å²) in [7, 11) is 4.03. The molecule has 0 heterocycles. The summed E-state index contributed by atoms with van der Waals surface area (Å²) in [6.45, 7) is 4.86. The number of unbranched alkanes of at least 4 members (excludes halogenated alkanes) is 2. The Kier molecular flexibility index (Phi) is 8.45. The molecule has 0 aliphatic heterocycles. The number of nitrogens with one attached hydrogen (secondary N) is 2. The van der Waals surface area contributed by atoms with E-state index >= 15 is 0 Å². The largest absolute Gasteiger partial charge is 0.336 e. The molecule has 0 aliphatic carbocycles. The van der Waals surface area contributed by atoms with Crippen LogP contribution in [0.1, 0.15) is 48.9 Å². The lowest BCUT2D eigenvalue weighted by Crippen LogP contribution is -2.37. The van der Waals surface area contributed by atoms with Crippen molar-refractivity contribution < 1.29 is 9.18 Å². The Balaban J connectivity index is 2.01. The molecule has 0 saturated heterocycles. The molecule has 152 valence electrons. The minimum absolute atomic E-state index is 0.0736. The van der Waals surface area contributed by atoms with Gasteiger partial charge in [-0.2, -0.15) is 0 Å². The van der Waals surface area contributed by atoms with Gasteiger partial charge in [0, 0.05) is 12.2 Å². The zero-order valence-electron chi connectivity index (χ0n) is 17.4. The van der Waals surface area contributed by atoms with Crippen molar-refractivity contribution >= 4 is 11.7 Å². The molecule has 0 fully saturated rings. The van der Waals surface area contributed by atoms with Gasteiger partial charge in [0.05, 0.1) is 6.04 Å². The number of aryl methyl sites for hydroxylation is 2. The number of urea groups is 1. The second-order valence-electron chi connectivity index (χ2n) is 7.46. The number of halogens is 1. The van der Waals surface area contributed by atoms with Crippen LogP contribution in [0, 0.1) is 12.7 Å². The van der Waals surface area contributed by atoms with Crippen molar-refractivity contribution in [1.29, 1.82) is 0 Å². The first-order valence-electron chi connectivity index (χ1n) is 9.97. The van der Waals surface area contributed by atoms with Gasteiger partial charge in [-0.15, -0.1) is 0 Å². The highest BCUT2D eigenvalue weighted by molar-refractivity contribution is 5.89. The topological polar surface area (TPSA) is 44.4 Å². The molecule has 0 saturated carbocycles. The third-order valence-electron chi connectivity index (χ3n) is 4.99. The van der Waals surface area contributed by atoms with Crippen LogP contribution in [-0.4, -0.2) is 31.6 Å². The fourth-order valence-corrected chi connectivity index (χ4v) is 3.23. The third kappa shape index (κ3) is 6.64. The van der Waals surface area contributed by atoms with E-state index in [1.54, 1.807) is 12.1 Å². The number of anilines is 1. The maximum Gasteiger partial charge on any atom is 0.319 e. The van der Waals surface area contributed by atoms with Gasteiger partial charge in [0.15, 0.2) is 0 Å². The van der Waals surface area contributed by atoms with E-state index < -0.39 is 0 Å². The molecule has 2 rings (SSSR count). The first kappa shape index (κ1) is 21.9. The Morgan fingerprint density at radius 3 is 2.46 bits per heavy atom. The fraction of sp³-hybridized carbons (Fsp3) is 0.435. The number of nitrogens with zero attached hydrogens (tertiary/aromatic N) is 1. The second-order valence-corrected chi connectivity index (χ2v) is 7.46. The van der Waals surface area contributed by atoms with Gasteiger partial charge in [0.25, 0.3) is 0 Å². The summed E-state index contributed by atoms with van der Waals surface area (Å²) in [6, 6.07) is 12.1. The van der Waals surface area contributed by atoms with Crippen molar-refractivity contribution in [2.45, 2.75) is 45.6 Å². The van der Waals surface area contributed by atoms with Crippen LogP contribution in [0.5, 0.6) is 0 Å². The highest BCUT2D eigenvalue weighted by Gasteiger charge is 2.16. The van der Waals surface area contributed by atoms with Gasteiger partial charge in [-0.3, -0.25) is 0 Å². The molecular weight excluding hydrogens is 353 g/mol. The molecule has 2 N–H and O–H groups in total. The van der Waals surface area contributed by atoms with Gasteiger partial charge in [0.1, 0.15) is 5.82 Å². The van der Waals surface area contributed by atoms with Crippen LogP contribution in [-0.2, 0) is 6.42 Å². The Morgan fingerprint density at radius 2 is 1.82 bits per heavy atom. The van der Waals surface area contributed by atoms with Gasteiger partial charge < -0.3 is 15.5 Å². The summed E-state index contributed by atoms with van der Waals surface area (Å²) in [5, 5.41) is 5.66. The first-order valence-corrected chi connectivity index (χ1v) is 9.97. The Hall–Kier alpha value is -2.40. The van der Waals surface area contributed by atoms with Crippen LogP contribution in [0.3, 0.4) is 0 Å². The summed E-state index contributed by atoms with van der Waals surface area (Å²) in [5.41, 5.74) is 4.46. The lowest BCUT2D eigenvalue weighted by Gasteiger charge is -2.26. The van der Waals surface area contributed by atoms with Crippen molar-refractivity contribution in [3.8, 4) is 0 Å². The van der Waals surface area contributed by atoms with E-state index in [4.69, 9.17) is 0 Å². The maximum absolute atomic E-state index is 13.0. The molecule has 28 heavy (non-hydrogen) atoms. The molecule has 2 amide bonds. The highest BCUT2D eigenvalue weighted by atomic mass is 19.1. The predicted molar refractivity (Wildman–Crippen MR) is 114 cm³/mol. The van der Waals surface area contributed by atoms with Crippen LogP contribution in [0.25, 0.3) is 0 Å². The van der Waals surface area contributed by atoms with Gasteiger partial charge in [-0.05, 0) is 74.8 Å². The van der Waals surface area contributed by atoms with Crippen molar-refractivity contribution in [2.75, 3.05) is 26.0 Å². The smallest absolute Gasteiger partial charge is 0.319 e. The lowest BCUT2D eigenvalue weighted by atomic mass is 9.96. The second kappa shape index (κ2) is 10.8. The van der Waals surface area contributed by atoms with Crippen molar-refractivity contribution in [3.05, 3.63) is 65.0 Å². The van der Waals surface area contributed by atoms with E-state index in [-0.39, 0.29) is 17.9 Å². The van der Waals surface area contributed by atoms with Crippen LogP contribution in [0.15, 0.2) is 42.5 Å². The molecule has 1 unspecified atom stereocenters. The minimum atomic E-state index is -0.326. The summed E-state index contributed by atoms with van der Waals surface area (Å²) < 4.78 is 13.0. The SMILES string of the molecule is CCCCCc1cc(C(CNC(=O)Nc2ccc(F)cc2)N(C)C)ccc1C. The zero-order chi connectivity index (χ0) is 20.5. The van der Waals surface area contributed by atoms with E-state index in [0.29, 0.717) is 12.2 Å². The number of benzene rings is 2. The number of rotatable bonds is 9. The third-order valence-corrected chi connectivity index (χ3v) is 4.99. The van der Waals surface area contributed by atoms with E-state index in [2.05, 4.69) is 47.6 Å². The Morgan fingerprint density at radius 1 is 1.11 bits per heavy atom. The molecule has 0 spiro atoms. The Bertz CT molecular complexity index is 759. The van der Waals surface area contributed by atoms with Crippen LogP contribution < -0.4 is 10.6 Å². The number of hydrogen-bond acceptors (Lipinski definition) is 2. The van der Waals surface area contributed by atoms with E-state index in [0.717, 1.165) is 6.42 Å². The number of carbonyl (C=O) groups is 1. The summed E-state index contributed by atoms with van der Waals surface area (Å²) in [6.07, 6.45) is 4.75. The monoisotopic (exact) mass is 385 g/mol. The highest BCUT2D eigenvalue weighted by Crippen LogP contribution is 2.22. The van der Waals surface area contributed by atoms with Crippen LogP contribution in [0.2, 0.25) is 0 Å². The van der Waals surface area contributed by atoms with Gasteiger partial charge in [-0.1, -0.05) is 38.0 Å². The quantitative estimate of drug-likeness (QED) is 0.576. The van der Waals surface area contributed by atoms with Gasteiger partial charge >= 0.3 is 6.03 Å². The number of hydrogen-bond donors (Lipinski definition) is 2. The molecule has 0 aliphatic rings. The summed E-state index contributed by atoms with van der Waals surface area (Å²) in [4.78, 5) is 14.3. The normalized spacial score (nSPS) is 12.1. The molecule has 0 aromatic heterocycles. The van der Waals surface area contributed by atoms with Crippen molar-refractivity contribution in [1.82, 2.24) is 10.2 Å². The molecule has 4 nitrogen and oxygen atoms in total. The minimum Gasteiger partial charge on any atom is -0.336 e. The first-order chi connectivity index (χ1) is 13.4. The standard InChI is InChI=1S/C23H32FN3O/c1-5-6-7-8-18-15-19(10-9-17(18)2)22(27(3)4)16-25-23(28)26-21-13-11-20(24)12-14-21/h9-15,22H,5-8,16H2,1-4H3,(H2,25,26,28). The van der Waals surface area contributed by atoms with Gasteiger partial charge in [0.2, 0.25) is 0 Å². The molecule has 5 heteroatoms. The average molecular weight is 386 g/mol.